The highest BCUT2D eigenvalue weighted by molar-refractivity contribution is 7.92. The summed E-state index contributed by atoms with van der Waals surface area (Å²) < 4.78 is 24.3. The predicted octanol–water partition coefficient (Wildman–Crippen LogP) is 5.52. The Morgan fingerprint density at radius 3 is 2.54 bits per heavy atom. The Hall–Kier alpha value is -3.46. The Morgan fingerprint density at radius 2 is 1.86 bits per heavy atom. The van der Waals surface area contributed by atoms with Gasteiger partial charge in [0.1, 0.15) is 5.82 Å². The first-order chi connectivity index (χ1) is 17.4. The molecule has 0 aliphatic heterocycles. The lowest BCUT2D eigenvalue weighted by atomic mass is 9.84. The predicted molar refractivity (Wildman–Crippen MR) is 147 cm³/mol. The molecule has 0 saturated heterocycles. The molecule has 0 spiro atoms. The first-order valence-electron chi connectivity index (χ1n) is 12.5. The summed E-state index contributed by atoms with van der Waals surface area (Å²) in [5.41, 5.74) is 4.55. The van der Waals surface area contributed by atoms with Crippen LogP contribution in [0.4, 0.5) is 17.2 Å². The molecule has 196 valence electrons. The molecule has 1 aliphatic carbocycles. The molecule has 37 heavy (non-hydrogen) atoms. The maximum Gasteiger partial charge on any atom is 0.222 e. The molecule has 1 amide bonds. The van der Waals surface area contributed by atoms with E-state index in [4.69, 9.17) is 0 Å². The Bertz CT molecular complexity index is 1410. The normalized spacial score (nSPS) is 15.8. The number of carbonyl (C=O) groups is 2. The highest BCUT2D eigenvalue weighted by Gasteiger charge is 2.33. The number of amides is 1. The van der Waals surface area contributed by atoms with Crippen LogP contribution < -0.4 is 10.6 Å². The summed E-state index contributed by atoms with van der Waals surface area (Å²) in [4.78, 5) is 32.7. The highest BCUT2D eigenvalue weighted by atomic mass is 32.2. The van der Waals surface area contributed by atoms with Gasteiger partial charge in [-0.25, -0.2) is 13.4 Å². The van der Waals surface area contributed by atoms with Crippen LogP contribution in [0, 0.1) is 5.92 Å². The fraction of sp³-hybridized carbons (Fsp3) is 0.393. The van der Waals surface area contributed by atoms with Gasteiger partial charge < -0.3 is 15.6 Å². The van der Waals surface area contributed by atoms with Crippen molar-refractivity contribution in [3.05, 3.63) is 59.9 Å². The molecule has 3 N–H and O–H groups in total. The average molecular weight is 523 g/mol. The Kier molecular flexibility index (Phi) is 7.54. The van der Waals surface area contributed by atoms with Crippen LogP contribution in [0.2, 0.25) is 0 Å². The van der Waals surface area contributed by atoms with E-state index in [0.29, 0.717) is 42.8 Å². The lowest BCUT2D eigenvalue weighted by molar-refractivity contribution is -0.114. The lowest BCUT2D eigenvalue weighted by Crippen LogP contribution is -2.30. The van der Waals surface area contributed by atoms with Crippen LogP contribution in [-0.2, 0) is 21.1 Å². The zero-order valence-corrected chi connectivity index (χ0v) is 22.5. The number of aromatic nitrogens is 2. The highest BCUT2D eigenvalue weighted by Crippen LogP contribution is 2.41. The van der Waals surface area contributed by atoms with Gasteiger partial charge in [0.15, 0.2) is 15.6 Å². The fourth-order valence-corrected chi connectivity index (χ4v) is 5.81. The van der Waals surface area contributed by atoms with Crippen molar-refractivity contribution in [2.75, 3.05) is 16.4 Å². The third kappa shape index (κ3) is 6.10. The van der Waals surface area contributed by atoms with Crippen molar-refractivity contribution in [2.45, 2.75) is 58.1 Å². The van der Waals surface area contributed by atoms with Gasteiger partial charge in [-0.15, -0.1) is 0 Å². The van der Waals surface area contributed by atoms with Crippen molar-refractivity contribution in [1.29, 1.82) is 0 Å². The van der Waals surface area contributed by atoms with Gasteiger partial charge in [-0.3, -0.25) is 9.59 Å². The second-order valence-corrected chi connectivity index (χ2v) is 13.5. The number of fused-ring (bicyclic) bond motifs is 1. The Labute approximate surface area is 218 Å². The Morgan fingerprint density at radius 1 is 1.14 bits per heavy atom. The number of pyridine rings is 1. The molecule has 3 aromatic rings. The third-order valence-electron chi connectivity index (χ3n) is 6.68. The van der Waals surface area contributed by atoms with Crippen molar-refractivity contribution < 1.29 is 18.0 Å². The molecular formula is C28H34N4O4S. The van der Waals surface area contributed by atoms with E-state index in [9.17, 15) is 18.0 Å². The van der Waals surface area contributed by atoms with Gasteiger partial charge in [0, 0.05) is 36.5 Å². The monoisotopic (exact) mass is 522 g/mol. The maximum absolute atomic E-state index is 13.4. The van der Waals surface area contributed by atoms with Crippen LogP contribution in [0.3, 0.4) is 0 Å². The van der Waals surface area contributed by atoms with E-state index in [0.717, 1.165) is 22.6 Å². The van der Waals surface area contributed by atoms with Crippen molar-refractivity contribution in [1.82, 2.24) is 9.97 Å². The standard InChI is InChI=1S/C28H34N4O4S/c1-18(33)30-24-17-20(12-13-29-24)26-27(31-21-10-6-5-7-11-21)25-22(32-26)15-19(16-23(25)34)9-8-14-37(35,36)28(2,3)4/h5-7,10-13,17,19,31-32H,8-9,14-16H2,1-4H3,(H,29,30,33). The molecule has 1 atom stereocenters. The number of hydrogen-bond acceptors (Lipinski definition) is 6. The summed E-state index contributed by atoms with van der Waals surface area (Å²) >= 11 is 0. The smallest absolute Gasteiger partial charge is 0.222 e. The zero-order valence-electron chi connectivity index (χ0n) is 21.7. The molecule has 0 fully saturated rings. The number of sulfone groups is 1. The van der Waals surface area contributed by atoms with E-state index >= 15 is 0 Å². The second-order valence-electron chi connectivity index (χ2n) is 10.6. The van der Waals surface area contributed by atoms with E-state index in [2.05, 4.69) is 20.6 Å². The number of Topliss-reactive ketones (excluding diaryl/α,β-unsaturated/α-hetero) is 1. The van der Waals surface area contributed by atoms with Gasteiger partial charge >= 0.3 is 0 Å². The molecule has 2 heterocycles. The van der Waals surface area contributed by atoms with Crippen LogP contribution in [0.5, 0.6) is 0 Å². The number of rotatable bonds is 8. The number of H-pyrrole nitrogens is 1. The number of nitrogens with zero attached hydrogens (tertiary/aromatic N) is 1. The molecule has 1 aliphatic rings. The van der Waals surface area contributed by atoms with E-state index in [1.54, 1.807) is 33.0 Å². The topological polar surface area (TPSA) is 121 Å². The van der Waals surface area contributed by atoms with Gasteiger partial charge in [-0.05, 0) is 70.2 Å². The summed E-state index contributed by atoms with van der Waals surface area (Å²) in [5.74, 6) is 0.422. The summed E-state index contributed by atoms with van der Waals surface area (Å²) in [7, 11) is -3.20. The van der Waals surface area contributed by atoms with E-state index in [1.165, 1.54) is 6.92 Å². The maximum atomic E-state index is 13.4. The largest absolute Gasteiger partial charge is 0.356 e. The van der Waals surface area contributed by atoms with Gasteiger partial charge in [-0.1, -0.05) is 18.2 Å². The second kappa shape index (κ2) is 10.5. The minimum absolute atomic E-state index is 0.0296. The molecule has 8 nitrogen and oxygen atoms in total. The van der Waals surface area contributed by atoms with Crippen LogP contribution >= 0.6 is 0 Å². The van der Waals surface area contributed by atoms with Gasteiger partial charge in [0.25, 0.3) is 0 Å². The van der Waals surface area contributed by atoms with E-state index in [-0.39, 0.29) is 23.4 Å². The number of benzene rings is 1. The number of para-hydroxylation sites is 1. The third-order valence-corrected chi connectivity index (χ3v) is 9.37. The molecule has 4 rings (SSSR count). The summed E-state index contributed by atoms with van der Waals surface area (Å²) in [6.07, 6.45) is 3.84. The summed E-state index contributed by atoms with van der Waals surface area (Å²) in [5, 5.41) is 6.13. The van der Waals surface area contributed by atoms with Crippen LogP contribution in [-0.4, -0.2) is 40.6 Å². The van der Waals surface area contributed by atoms with Crippen LogP contribution in [0.15, 0.2) is 48.7 Å². The number of nitrogens with one attached hydrogen (secondary N) is 3. The first-order valence-corrected chi connectivity index (χ1v) is 14.2. The summed E-state index contributed by atoms with van der Waals surface area (Å²) in [6, 6.07) is 13.2. The molecule has 2 aromatic heterocycles. The van der Waals surface area contributed by atoms with E-state index in [1.807, 2.05) is 36.4 Å². The van der Waals surface area contributed by atoms with Crippen LogP contribution in [0.25, 0.3) is 11.3 Å². The molecule has 9 heteroatoms. The lowest BCUT2D eigenvalue weighted by Gasteiger charge is -2.23. The number of ketones is 1. The molecule has 0 saturated carbocycles. The fourth-order valence-electron chi connectivity index (χ4n) is 4.65. The SMILES string of the molecule is CC(=O)Nc1cc(-c2[nH]c3c(c2Nc2ccccc2)C(=O)CC(CCCS(=O)(=O)C(C)(C)C)C3)ccn1. The average Bonchev–Trinajstić information content (AvgIpc) is 3.17. The molecular weight excluding hydrogens is 488 g/mol. The number of carbonyl (C=O) groups excluding carboxylic acids is 2. The first kappa shape index (κ1) is 26.6. The van der Waals surface area contributed by atoms with Crippen molar-refractivity contribution in [3.8, 4) is 11.3 Å². The minimum atomic E-state index is -3.20. The molecule has 0 radical (unpaired) electrons. The van der Waals surface area contributed by atoms with Crippen molar-refractivity contribution >= 4 is 38.7 Å². The van der Waals surface area contributed by atoms with Crippen molar-refractivity contribution in [3.63, 3.8) is 0 Å². The number of hydrogen-bond donors (Lipinski definition) is 3. The molecule has 0 bridgehead atoms. The van der Waals surface area contributed by atoms with Crippen LogP contribution in [0.1, 0.15) is 63.0 Å². The van der Waals surface area contributed by atoms with Crippen molar-refractivity contribution in [2.24, 2.45) is 5.92 Å². The number of anilines is 3. The van der Waals surface area contributed by atoms with Gasteiger partial charge in [0.2, 0.25) is 5.91 Å². The zero-order chi connectivity index (χ0) is 26.8. The quantitative estimate of drug-likeness (QED) is 0.358. The summed E-state index contributed by atoms with van der Waals surface area (Å²) in [6.45, 7) is 6.58. The Balaban J connectivity index is 1.64. The van der Waals surface area contributed by atoms with Gasteiger partial charge in [-0.2, -0.15) is 0 Å². The van der Waals surface area contributed by atoms with E-state index < -0.39 is 14.6 Å². The molecule has 1 unspecified atom stereocenters. The van der Waals surface area contributed by atoms with Gasteiger partial charge in [0.05, 0.1) is 27.4 Å². The molecule has 1 aromatic carbocycles. The minimum Gasteiger partial charge on any atom is -0.356 e. The number of aromatic amines is 1.